The number of hydrogen-bond donors (Lipinski definition) is 2. The van der Waals surface area contributed by atoms with Crippen molar-refractivity contribution in [3.05, 3.63) is 25.3 Å². The van der Waals surface area contributed by atoms with E-state index in [0.29, 0.717) is 159 Å². The maximum absolute atomic E-state index is 11.0. The maximum Gasteiger partial charge on any atom is 0.330 e. The smallest absolute Gasteiger partial charge is 0.330 e. The lowest BCUT2D eigenvalue weighted by Gasteiger charge is -2.33. The van der Waals surface area contributed by atoms with Crippen LogP contribution in [0.3, 0.4) is 0 Å². The summed E-state index contributed by atoms with van der Waals surface area (Å²) >= 11 is 0. The molecule has 0 spiro atoms. The highest BCUT2D eigenvalue weighted by Crippen LogP contribution is 2.21. The van der Waals surface area contributed by atoms with Gasteiger partial charge in [0.25, 0.3) is 0 Å². The van der Waals surface area contributed by atoms with Crippen molar-refractivity contribution < 1.29 is 105 Å². The summed E-state index contributed by atoms with van der Waals surface area (Å²) in [7, 11) is 0. The van der Waals surface area contributed by atoms with Gasteiger partial charge < -0.3 is 95.5 Å². The fourth-order valence-electron chi connectivity index (χ4n) is 4.69. The maximum atomic E-state index is 11.0. The number of carbonyl (C=O) groups is 2. The number of ether oxygens (including phenoxy) is 18. The highest BCUT2D eigenvalue weighted by molar-refractivity contribution is 5.81. The van der Waals surface area contributed by atoms with Crippen LogP contribution in [0.25, 0.3) is 0 Å². The van der Waals surface area contributed by atoms with E-state index in [1.54, 1.807) is 0 Å². The Balaban J connectivity index is 4.94. The Bertz CT molecular complexity index is 949. The lowest BCUT2D eigenvalue weighted by Crippen LogP contribution is -2.43. The van der Waals surface area contributed by atoms with Crippen LogP contribution in [0.5, 0.6) is 0 Å². The van der Waals surface area contributed by atoms with Gasteiger partial charge >= 0.3 is 11.9 Å². The first-order chi connectivity index (χ1) is 32.0. The van der Waals surface area contributed by atoms with Gasteiger partial charge in [-0.25, -0.2) is 9.59 Å². The van der Waals surface area contributed by atoms with Crippen molar-refractivity contribution >= 4 is 11.9 Å². The number of aliphatic hydroxyl groups excluding tert-OH is 2. The van der Waals surface area contributed by atoms with E-state index >= 15 is 0 Å². The first-order valence-electron chi connectivity index (χ1n) is 22.1. The standard InChI is InChI=1S/C43H80O22/c1-3-41(46)64-35-33-58-23-21-52-15-19-56-27-31-62-39-43(37-60-29-25-54-17-13-50-11-9-48-7-5-44,38-61-30-26-55-18-14-51-12-10-49-8-6-45)40-63-32-28-57-20-16-53-22-24-59-34-36-65-42(47)4-2/h3-4,44-45H,1-2,5-40H2. The van der Waals surface area contributed by atoms with Crippen LogP contribution in [0.15, 0.2) is 25.3 Å². The molecule has 0 radical (unpaired) electrons. The molecule has 0 aliphatic heterocycles. The third-order valence-electron chi connectivity index (χ3n) is 7.85. The number of carbonyl (C=O) groups excluding carboxylic acids is 2. The molecule has 22 heteroatoms. The normalized spacial score (nSPS) is 11.6. The van der Waals surface area contributed by atoms with Gasteiger partial charge in [0, 0.05) is 12.2 Å². The van der Waals surface area contributed by atoms with E-state index in [1.165, 1.54) is 0 Å². The first kappa shape index (κ1) is 62.7. The van der Waals surface area contributed by atoms with Gasteiger partial charge in [-0.2, -0.15) is 0 Å². The van der Waals surface area contributed by atoms with Crippen molar-refractivity contribution in [1.82, 2.24) is 0 Å². The van der Waals surface area contributed by atoms with Crippen LogP contribution in [-0.2, 0) is 94.9 Å². The summed E-state index contributed by atoms with van der Waals surface area (Å²) in [4.78, 5) is 22.1. The van der Waals surface area contributed by atoms with Gasteiger partial charge in [0.2, 0.25) is 0 Å². The quantitative estimate of drug-likeness (QED) is 0.0451. The molecule has 0 saturated heterocycles. The van der Waals surface area contributed by atoms with Gasteiger partial charge in [-0.1, -0.05) is 13.2 Å². The van der Waals surface area contributed by atoms with Crippen LogP contribution in [0.4, 0.5) is 0 Å². The van der Waals surface area contributed by atoms with Gasteiger partial charge in [-0.15, -0.1) is 0 Å². The highest BCUT2D eigenvalue weighted by Gasteiger charge is 2.32. The molecule has 22 nitrogen and oxygen atoms in total. The zero-order valence-corrected chi connectivity index (χ0v) is 38.6. The molecule has 0 aromatic heterocycles. The van der Waals surface area contributed by atoms with Gasteiger partial charge in [-0.3, -0.25) is 0 Å². The van der Waals surface area contributed by atoms with Crippen molar-refractivity contribution in [3.63, 3.8) is 0 Å². The lowest BCUT2D eigenvalue weighted by atomic mass is 9.92. The second-order valence-electron chi connectivity index (χ2n) is 13.2. The Kier molecular flexibility index (Phi) is 50.8. The molecule has 0 fully saturated rings. The van der Waals surface area contributed by atoms with Crippen molar-refractivity contribution in [2.24, 2.45) is 5.41 Å². The fourth-order valence-corrected chi connectivity index (χ4v) is 4.69. The average Bonchev–Trinajstić information content (AvgIpc) is 3.32. The molecule has 0 aromatic carbocycles. The topological polar surface area (TPSA) is 241 Å². The molecule has 2 N–H and O–H groups in total. The Morgan fingerprint density at radius 2 is 0.462 bits per heavy atom. The minimum Gasteiger partial charge on any atom is -0.460 e. The Labute approximate surface area is 385 Å². The lowest BCUT2D eigenvalue weighted by molar-refractivity contribution is -0.140. The van der Waals surface area contributed by atoms with Crippen molar-refractivity contribution in [1.29, 1.82) is 0 Å². The van der Waals surface area contributed by atoms with Gasteiger partial charge in [0.15, 0.2) is 0 Å². The van der Waals surface area contributed by atoms with Crippen molar-refractivity contribution in [2.45, 2.75) is 0 Å². The van der Waals surface area contributed by atoms with Crippen molar-refractivity contribution in [2.75, 3.05) is 238 Å². The van der Waals surface area contributed by atoms with E-state index in [2.05, 4.69) is 13.2 Å². The Hall–Kier alpha value is -2.30. The summed E-state index contributed by atoms with van der Waals surface area (Å²) in [6.45, 7) is 17.6. The van der Waals surface area contributed by atoms with E-state index < -0.39 is 17.4 Å². The molecule has 384 valence electrons. The zero-order chi connectivity index (χ0) is 47.3. The fraction of sp³-hybridized carbons (Fsp3) is 0.860. The van der Waals surface area contributed by atoms with E-state index in [4.69, 9.17) is 95.5 Å². The van der Waals surface area contributed by atoms with Gasteiger partial charge in [-0.05, 0) is 0 Å². The number of hydrogen-bond acceptors (Lipinski definition) is 22. The predicted molar refractivity (Wildman–Crippen MR) is 232 cm³/mol. The third kappa shape index (κ3) is 48.0. The number of rotatable bonds is 56. The molecule has 0 rings (SSSR count). The Morgan fingerprint density at radius 1 is 0.292 bits per heavy atom. The summed E-state index contributed by atoms with van der Waals surface area (Å²) in [6.07, 6.45) is 2.20. The Morgan fingerprint density at radius 3 is 0.646 bits per heavy atom. The molecular formula is C43H80O22. The molecule has 0 bridgehead atoms. The second kappa shape index (κ2) is 52.7. The van der Waals surface area contributed by atoms with E-state index in [1.807, 2.05) is 0 Å². The summed E-state index contributed by atoms with van der Waals surface area (Å²) in [5.41, 5.74) is -0.713. The molecule has 0 unspecified atom stereocenters. The second-order valence-corrected chi connectivity index (χ2v) is 13.2. The highest BCUT2D eigenvalue weighted by atomic mass is 16.6. The van der Waals surface area contributed by atoms with Crippen LogP contribution in [0.1, 0.15) is 0 Å². The van der Waals surface area contributed by atoms with Gasteiger partial charge in [0.1, 0.15) is 13.2 Å². The van der Waals surface area contributed by atoms with Crippen molar-refractivity contribution in [3.8, 4) is 0 Å². The van der Waals surface area contributed by atoms with Crippen LogP contribution >= 0.6 is 0 Å². The molecule has 0 atom stereocenters. The molecule has 0 aliphatic carbocycles. The molecule has 0 amide bonds. The van der Waals surface area contributed by atoms with Gasteiger partial charge in [0.05, 0.1) is 230 Å². The molecule has 0 saturated carbocycles. The first-order valence-corrected chi connectivity index (χ1v) is 22.1. The van der Waals surface area contributed by atoms with E-state index in [9.17, 15) is 9.59 Å². The number of aliphatic hydroxyl groups is 2. The minimum atomic E-state index is -0.713. The van der Waals surface area contributed by atoms with Crippen LogP contribution in [-0.4, -0.2) is 260 Å². The average molecular weight is 949 g/mol. The van der Waals surface area contributed by atoms with E-state index in [-0.39, 0.29) is 79.3 Å². The SMILES string of the molecule is C=CC(=O)OCCOCCOCCOCCOCC(COCCOCCOCCOCCO)(COCCOCCOCCOCCO)COCCOCCOCCOCCOC(=O)C=C. The molecule has 0 heterocycles. The zero-order valence-electron chi connectivity index (χ0n) is 38.6. The summed E-state index contributed by atoms with van der Waals surface area (Å²) in [5, 5.41) is 17.6. The van der Waals surface area contributed by atoms with Crippen LogP contribution in [0.2, 0.25) is 0 Å². The monoisotopic (exact) mass is 949 g/mol. The molecule has 0 aromatic rings. The van der Waals surface area contributed by atoms with Crippen LogP contribution < -0.4 is 0 Å². The minimum absolute atomic E-state index is 0.0298. The predicted octanol–water partition coefficient (Wildman–Crippen LogP) is -0.319. The van der Waals surface area contributed by atoms with Crippen LogP contribution in [0, 0.1) is 5.41 Å². The summed E-state index contributed by atoms with van der Waals surface area (Å²) in [5.74, 6) is -0.987. The molecule has 65 heavy (non-hydrogen) atoms. The third-order valence-corrected chi connectivity index (χ3v) is 7.85. The summed E-state index contributed by atoms with van der Waals surface area (Å²) in [6, 6.07) is 0. The van der Waals surface area contributed by atoms with E-state index in [0.717, 1.165) is 12.2 Å². The number of esters is 2. The molecule has 0 aliphatic rings. The summed E-state index contributed by atoms with van der Waals surface area (Å²) < 4.78 is 99.9. The largest absolute Gasteiger partial charge is 0.460 e. The molecular weight excluding hydrogens is 868 g/mol.